The van der Waals surface area contributed by atoms with Crippen molar-refractivity contribution in [3.05, 3.63) is 46.9 Å². The summed E-state index contributed by atoms with van der Waals surface area (Å²) in [7, 11) is -3.79. The first-order valence-electron chi connectivity index (χ1n) is 9.02. The fourth-order valence-electron chi connectivity index (χ4n) is 3.03. The molecule has 0 unspecified atom stereocenters. The number of ether oxygens (including phenoxy) is 1. The van der Waals surface area contributed by atoms with Gasteiger partial charge in [-0.15, -0.1) is 0 Å². The lowest BCUT2D eigenvalue weighted by atomic mass is 9.93. The molecule has 1 N–H and O–H groups in total. The summed E-state index contributed by atoms with van der Waals surface area (Å²) in [4.78, 5) is 14.8. The van der Waals surface area contributed by atoms with E-state index in [0.29, 0.717) is 28.1 Å². The van der Waals surface area contributed by atoms with Crippen LogP contribution in [0.3, 0.4) is 0 Å². The first-order valence-corrected chi connectivity index (χ1v) is 11.3. The predicted molar refractivity (Wildman–Crippen MR) is 113 cm³/mol. The van der Waals surface area contributed by atoms with Crippen molar-refractivity contribution in [2.45, 2.75) is 32.1 Å². The predicted octanol–water partition coefficient (Wildman–Crippen LogP) is 4.41. The highest BCUT2D eigenvalue weighted by atomic mass is 79.9. The van der Waals surface area contributed by atoms with Gasteiger partial charge in [-0.25, -0.2) is 8.42 Å². The van der Waals surface area contributed by atoms with Crippen molar-refractivity contribution < 1.29 is 17.9 Å². The third kappa shape index (κ3) is 4.03. The van der Waals surface area contributed by atoms with Crippen LogP contribution in [0.2, 0.25) is 0 Å². The maximum Gasteiger partial charge on any atom is 0.263 e. The van der Waals surface area contributed by atoms with Crippen LogP contribution in [0.1, 0.15) is 27.2 Å². The minimum absolute atomic E-state index is 0.0427. The van der Waals surface area contributed by atoms with E-state index in [0.717, 1.165) is 6.42 Å². The Morgan fingerprint density at radius 3 is 2.61 bits per heavy atom. The largest absolute Gasteiger partial charge is 0.490 e. The molecule has 150 valence electrons. The van der Waals surface area contributed by atoms with Crippen LogP contribution in [0, 0.1) is 5.41 Å². The molecule has 1 amide bonds. The average molecular weight is 467 g/mol. The maximum atomic E-state index is 13.0. The number of sulfonamides is 1. The smallest absolute Gasteiger partial charge is 0.263 e. The second kappa shape index (κ2) is 7.75. The molecule has 8 heteroatoms. The van der Waals surface area contributed by atoms with Gasteiger partial charge in [-0.3, -0.25) is 9.52 Å². The number of nitrogens with one attached hydrogen (secondary N) is 1. The van der Waals surface area contributed by atoms with E-state index in [2.05, 4.69) is 20.7 Å². The van der Waals surface area contributed by atoms with E-state index in [4.69, 9.17) is 4.74 Å². The Bertz CT molecular complexity index is 1010. The molecule has 1 heterocycles. The van der Waals surface area contributed by atoms with E-state index in [1.165, 1.54) is 6.07 Å². The molecular weight excluding hydrogens is 444 g/mol. The molecule has 0 saturated heterocycles. The standard InChI is InChI=1S/C20H23BrN2O4S/c1-4-11-23-16-12-14(9-10-17(16)27-13-20(2,3)19(23)24)22-28(25,26)18-8-6-5-7-15(18)21/h5-10,12,22H,4,11,13H2,1-3H3. The Labute approximate surface area is 174 Å². The SMILES string of the molecule is CCCN1C(=O)C(C)(C)COc2ccc(NS(=O)(=O)c3ccccc3Br)cc21. The number of nitrogens with zero attached hydrogens (tertiary/aromatic N) is 1. The number of halogens is 1. The van der Waals surface area contributed by atoms with E-state index in [1.807, 2.05) is 20.8 Å². The summed E-state index contributed by atoms with van der Waals surface area (Å²) < 4.78 is 34.5. The summed E-state index contributed by atoms with van der Waals surface area (Å²) in [5.41, 5.74) is 0.277. The van der Waals surface area contributed by atoms with E-state index < -0.39 is 15.4 Å². The lowest BCUT2D eigenvalue weighted by Gasteiger charge is -2.28. The van der Waals surface area contributed by atoms with Crippen LogP contribution in [-0.4, -0.2) is 27.5 Å². The average Bonchev–Trinajstić information content (AvgIpc) is 2.72. The number of carbonyl (C=O) groups is 1. The summed E-state index contributed by atoms with van der Waals surface area (Å²) in [6.07, 6.45) is 0.772. The molecule has 1 aliphatic heterocycles. The van der Waals surface area contributed by atoms with Crippen LogP contribution in [-0.2, 0) is 14.8 Å². The minimum atomic E-state index is -3.79. The quantitative estimate of drug-likeness (QED) is 0.707. The Morgan fingerprint density at radius 1 is 1.21 bits per heavy atom. The highest BCUT2D eigenvalue weighted by Crippen LogP contribution is 2.38. The highest BCUT2D eigenvalue weighted by Gasteiger charge is 2.37. The molecule has 0 spiro atoms. The Morgan fingerprint density at radius 2 is 1.93 bits per heavy atom. The number of hydrogen-bond acceptors (Lipinski definition) is 4. The fourth-order valence-corrected chi connectivity index (χ4v) is 5.08. The van der Waals surface area contributed by atoms with Gasteiger partial charge in [-0.05, 0) is 66.5 Å². The van der Waals surface area contributed by atoms with Gasteiger partial charge in [0.1, 0.15) is 17.3 Å². The van der Waals surface area contributed by atoms with Gasteiger partial charge in [-0.2, -0.15) is 0 Å². The van der Waals surface area contributed by atoms with Gasteiger partial charge < -0.3 is 9.64 Å². The molecule has 0 atom stereocenters. The van der Waals surface area contributed by atoms with Gasteiger partial charge in [-0.1, -0.05) is 19.1 Å². The summed E-state index contributed by atoms with van der Waals surface area (Å²) in [6.45, 7) is 6.48. The molecule has 1 aliphatic rings. The minimum Gasteiger partial charge on any atom is -0.490 e. The van der Waals surface area contributed by atoms with Crippen molar-refractivity contribution in [3.63, 3.8) is 0 Å². The molecule has 28 heavy (non-hydrogen) atoms. The normalized spacial score (nSPS) is 16.1. The third-order valence-corrected chi connectivity index (χ3v) is 6.88. The summed E-state index contributed by atoms with van der Waals surface area (Å²) in [5, 5.41) is 0. The van der Waals surface area contributed by atoms with Crippen molar-refractivity contribution in [2.75, 3.05) is 22.8 Å². The lowest BCUT2D eigenvalue weighted by molar-refractivity contribution is -0.127. The molecule has 0 fully saturated rings. The van der Waals surface area contributed by atoms with E-state index in [1.54, 1.807) is 41.3 Å². The zero-order chi connectivity index (χ0) is 20.5. The molecule has 0 aliphatic carbocycles. The first-order chi connectivity index (χ1) is 13.2. The number of carbonyl (C=O) groups excluding carboxylic acids is 1. The van der Waals surface area contributed by atoms with Crippen LogP contribution in [0.15, 0.2) is 51.8 Å². The molecule has 0 aromatic heterocycles. The van der Waals surface area contributed by atoms with Gasteiger partial charge in [0.05, 0.1) is 16.8 Å². The fraction of sp³-hybridized carbons (Fsp3) is 0.350. The number of rotatable bonds is 5. The van der Waals surface area contributed by atoms with Gasteiger partial charge in [0, 0.05) is 11.0 Å². The Hall–Kier alpha value is -2.06. The van der Waals surface area contributed by atoms with Crippen LogP contribution in [0.25, 0.3) is 0 Å². The topological polar surface area (TPSA) is 75.7 Å². The summed E-state index contributed by atoms with van der Waals surface area (Å²) >= 11 is 3.27. The van der Waals surface area contributed by atoms with E-state index >= 15 is 0 Å². The van der Waals surface area contributed by atoms with Crippen molar-refractivity contribution in [2.24, 2.45) is 5.41 Å². The van der Waals surface area contributed by atoms with Crippen LogP contribution in [0.5, 0.6) is 5.75 Å². The van der Waals surface area contributed by atoms with Crippen molar-refractivity contribution in [3.8, 4) is 5.75 Å². The van der Waals surface area contributed by atoms with Crippen molar-refractivity contribution >= 4 is 43.2 Å². The second-order valence-corrected chi connectivity index (χ2v) is 9.85. The van der Waals surface area contributed by atoms with Crippen molar-refractivity contribution in [1.82, 2.24) is 0 Å². The molecular formula is C20H23BrN2O4S. The molecule has 0 bridgehead atoms. The molecule has 0 radical (unpaired) electrons. The number of hydrogen-bond donors (Lipinski definition) is 1. The van der Waals surface area contributed by atoms with Crippen LogP contribution >= 0.6 is 15.9 Å². The van der Waals surface area contributed by atoms with Gasteiger partial charge >= 0.3 is 0 Å². The molecule has 6 nitrogen and oxygen atoms in total. The Kier molecular flexibility index (Phi) is 5.72. The van der Waals surface area contributed by atoms with Crippen LogP contribution < -0.4 is 14.4 Å². The van der Waals surface area contributed by atoms with Gasteiger partial charge in [0.2, 0.25) is 5.91 Å². The number of fused-ring (bicyclic) bond motifs is 1. The monoisotopic (exact) mass is 466 g/mol. The van der Waals surface area contributed by atoms with Crippen LogP contribution in [0.4, 0.5) is 11.4 Å². The Balaban J connectivity index is 2.00. The third-order valence-electron chi connectivity index (χ3n) is 4.49. The molecule has 2 aromatic rings. The van der Waals surface area contributed by atoms with E-state index in [9.17, 15) is 13.2 Å². The van der Waals surface area contributed by atoms with Gasteiger partial charge in [0.15, 0.2) is 0 Å². The van der Waals surface area contributed by atoms with Gasteiger partial charge in [0.25, 0.3) is 10.0 Å². The number of anilines is 2. The summed E-state index contributed by atoms with van der Waals surface area (Å²) in [5.74, 6) is 0.523. The maximum absolute atomic E-state index is 13.0. The summed E-state index contributed by atoms with van der Waals surface area (Å²) in [6, 6.07) is 11.6. The zero-order valence-electron chi connectivity index (χ0n) is 16.0. The zero-order valence-corrected chi connectivity index (χ0v) is 18.4. The second-order valence-electron chi connectivity index (χ2n) is 7.35. The number of amides is 1. The lowest BCUT2D eigenvalue weighted by Crippen LogP contribution is -2.42. The first kappa shape index (κ1) is 20.7. The molecule has 3 rings (SSSR count). The van der Waals surface area contributed by atoms with Crippen molar-refractivity contribution in [1.29, 1.82) is 0 Å². The highest BCUT2D eigenvalue weighted by molar-refractivity contribution is 9.10. The number of benzene rings is 2. The molecule has 0 saturated carbocycles. The van der Waals surface area contributed by atoms with E-state index in [-0.39, 0.29) is 17.4 Å². The molecule has 2 aromatic carbocycles.